The van der Waals surface area contributed by atoms with Gasteiger partial charge in [0.2, 0.25) is 0 Å². The van der Waals surface area contributed by atoms with Gasteiger partial charge in [-0.3, -0.25) is 0 Å². The van der Waals surface area contributed by atoms with E-state index in [1.165, 1.54) is 12.8 Å². The summed E-state index contributed by atoms with van der Waals surface area (Å²) in [7, 11) is 2.16. The topological polar surface area (TPSA) is 26.7 Å². The lowest BCUT2D eigenvalue weighted by molar-refractivity contribution is -0.0747. The Morgan fingerprint density at radius 3 is 2.25 bits per heavy atom. The minimum atomic E-state index is -0.420. The van der Waals surface area contributed by atoms with Crippen LogP contribution in [0, 0.1) is 0 Å². The van der Waals surface area contributed by atoms with Crippen molar-refractivity contribution in [1.82, 2.24) is 9.80 Å². The fourth-order valence-corrected chi connectivity index (χ4v) is 3.35. The maximum absolute atomic E-state index is 10.8. The van der Waals surface area contributed by atoms with Crippen LogP contribution in [-0.4, -0.2) is 59.3 Å². The molecule has 94 valence electrons. The molecule has 1 N–H and O–H groups in total. The maximum atomic E-state index is 10.8. The highest BCUT2D eigenvalue weighted by Gasteiger charge is 2.43. The molecule has 16 heavy (non-hydrogen) atoms. The minimum Gasteiger partial charge on any atom is -0.388 e. The van der Waals surface area contributed by atoms with Gasteiger partial charge in [-0.25, -0.2) is 0 Å². The van der Waals surface area contributed by atoms with Crippen molar-refractivity contribution < 1.29 is 5.11 Å². The van der Waals surface area contributed by atoms with E-state index in [0.29, 0.717) is 12.1 Å². The predicted molar refractivity (Wildman–Crippen MR) is 66.5 cm³/mol. The van der Waals surface area contributed by atoms with Gasteiger partial charge >= 0.3 is 0 Å². The zero-order valence-corrected chi connectivity index (χ0v) is 10.9. The van der Waals surface area contributed by atoms with Crippen molar-refractivity contribution >= 4 is 0 Å². The molecule has 2 heterocycles. The molecule has 0 amide bonds. The van der Waals surface area contributed by atoms with Gasteiger partial charge in [-0.05, 0) is 53.1 Å². The number of likely N-dealkylation sites (N-methyl/N-ethyl adjacent to an activating group) is 1. The highest BCUT2D eigenvalue weighted by atomic mass is 16.3. The number of hydrogen-bond donors (Lipinski definition) is 1. The van der Waals surface area contributed by atoms with E-state index < -0.39 is 5.60 Å². The van der Waals surface area contributed by atoms with Crippen molar-refractivity contribution in [3.05, 3.63) is 0 Å². The molecular weight excluding hydrogens is 200 g/mol. The van der Waals surface area contributed by atoms with Gasteiger partial charge in [0.15, 0.2) is 0 Å². The summed E-state index contributed by atoms with van der Waals surface area (Å²) in [4.78, 5) is 4.83. The third kappa shape index (κ3) is 2.27. The molecule has 3 nitrogen and oxygen atoms in total. The molecule has 2 aliphatic heterocycles. The predicted octanol–water partition coefficient (Wildman–Crippen LogP) is 1.32. The van der Waals surface area contributed by atoms with Gasteiger partial charge < -0.3 is 14.9 Å². The molecule has 0 aromatic heterocycles. The van der Waals surface area contributed by atoms with Gasteiger partial charge in [0.05, 0.1) is 5.60 Å². The highest BCUT2D eigenvalue weighted by Crippen LogP contribution is 2.34. The van der Waals surface area contributed by atoms with Crippen LogP contribution in [-0.2, 0) is 0 Å². The van der Waals surface area contributed by atoms with Gasteiger partial charge in [-0.15, -0.1) is 0 Å². The first kappa shape index (κ1) is 12.3. The molecule has 0 bridgehead atoms. The van der Waals surface area contributed by atoms with Crippen LogP contribution < -0.4 is 0 Å². The number of aliphatic hydroxyl groups is 1. The van der Waals surface area contributed by atoms with E-state index in [2.05, 4.69) is 30.7 Å². The van der Waals surface area contributed by atoms with Crippen LogP contribution in [0.4, 0.5) is 0 Å². The van der Waals surface area contributed by atoms with E-state index in [1.807, 2.05) is 0 Å². The number of rotatable bonds is 2. The standard InChI is InChI=1S/C13H26N2O/c1-11(2)15-9-6-13(16,7-10-15)12-5-4-8-14(12)3/h11-12,16H,4-10H2,1-3H3/t12-/m1/s1. The molecule has 2 fully saturated rings. The fraction of sp³-hybridized carbons (Fsp3) is 1.00. The van der Waals surface area contributed by atoms with Crippen LogP contribution in [0.25, 0.3) is 0 Å². The first-order chi connectivity index (χ1) is 7.53. The minimum absolute atomic E-state index is 0.404. The first-order valence-electron chi connectivity index (χ1n) is 6.69. The Labute approximate surface area is 99.4 Å². The van der Waals surface area contributed by atoms with Crippen LogP contribution in [0.1, 0.15) is 39.5 Å². The number of nitrogens with zero attached hydrogens (tertiary/aromatic N) is 2. The molecule has 2 rings (SSSR count). The zero-order chi connectivity index (χ0) is 11.8. The molecule has 3 heteroatoms. The monoisotopic (exact) mass is 226 g/mol. The highest BCUT2D eigenvalue weighted by molar-refractivity contribution is 4.98. The average molecular weight is 226 g/mol. The van der Waals surface area contributed by atoms with Crippen molar-refractivity contribution in [2.45, 2.75) is 57.2 Å². The molecule has 0 aromatic carbocycles. The van der Waals surface area contributed by atoms with Crippen LogP contribution in [0.15, 0.2) is 0 Å². The molecule has 0 aromatic rings. The Bertz CT molecular complexity index is 234. The lowest BCUT2D eigenvalue weighted by Gasteiger charge is -2.45. The van der Waals surface area contributed by atoms with E-state index in [0.717, 1.165) is 32.5 Å². The van der Waals surface area contributed by atoms with Gasteiger partial charge in [0.1, 0.15) is 0 Å². The van der Waals surface area contributed by atoms with Crippen molar-refractivity contribution in [3.63, 3.8) is 0 Å². The summed E-state index contributed by atoms with van der Waals surface area (Å²) in [5.41, 5.74) is -0.420. The average Bonchev–Trinajstić information content (AvgIpc) is 2.66. The fourth-order valence-electron chi connectivity index (χ4n) is 3.35. The SMILES string of the molecule is CC(C)N1CCC(O)([C@H]2CCCN2C)CC1. The van der Waals surface area contributed by atoms with Crippen LogP contribution >= 0.6 is 0 Å². The zero-order valence-electron chi connectivity index (χ0n) is 10.9. The third-order valence-corrected chi connectivity index (χ3v) is 4.53. The smallest absolute Gasteiger partial charge is 0.0826 e. The molecule has 0 unspecified atom stereocenters. The van der Waals surface area contributed by atoms with Gasteiger partial charge in [0, 0.05) is 25.2 Å². The van der Waals surface area contributed by atoms with Crippen LogP contribution in [0.3, 0.4) is 0 Å². The molecule has 0 saturated carbocycles. The van der Waals surface area contributed by atoms with Crippen molar-refractivity contribution in [2.24, 2.45) is 0 Å². The van der Waals surface area contributed by atoms with Crippen molar-refractivity contribution in [1.29, 1.82) is 0 Å². The summed E-state index contributed by atoms with van der Waals surface area (Å²) in [6, 6.07) is 1.02. The molecule has 2 aliphatic rings. The number of hydrogen-bond acceptors (Lipinski definition) is 3. The molecule has 1 atom stereocenters. The molecular formula is C13H26N2O. The second kappa shape index (κ2) is 4.63. The molecule has 0 radical (unpaired) electrons. The Morgan fingerprint density at radius 1 is 1.19 bits per heavy atom. The van der Waals surface area contributed by atoms with E-state index in [-0.39, 0.29) is 0 Å². The summed E-state index contributed by atoms with van der Waals surface area (Å²) in [6.07, 6.45) is 4.31. The lowest BCUT2D eigenvalue weighted by Crippen LogP contribution is -2.55. The summed E-state index contributed by atoms with van der Waals surface area (Å²) in [5, 5.41) is 10.8. The Morgan fingerprint density at radius 2 is 1.81 bits per heavy atom. The Hall–Kier alpha value is -0.120. The second-order valence-electron chi connectivity index (χ2n) is 5.87. The molecule has 0 spiro atoms. The van der Waals surface area contributed by atoms with Crippen LogP contribution in [0.5, 0.6) is 0 Å². The summed E-state index contributed by atoms with van der Waals surface area (Å²) < 4.78 is 0. The largest absolute Gasteiger partial charge is 0.388 e. The van der Waals surface area contributed by atoms with Gasteiger partial charge in [0.25, 0.3) is 0 Å². The van der Waals surface area contributed by atoms with Crippen molar-refractivity contribution in [3.8, 4) is 0 Å². The summed E-state index contributed by atoms with van der Waals surface area (Å²) >= 11 is 0. The summed E-state index contributed by atoms with van der Waals surface area (Å²) in [5.74, 6) is 0. The van der Waals surface area contributed by atoms with E-state index in [9.17, 15) is 5.11 Å². The Kier molecular flexibility index (Phi) is 3.57. The Balaban J connectivity index is 1.95. The van der Waals surface area contributed by atoms with E-state index in [4.69, 9.17) is 0 Å². The van der Waals surface area contributed by atoms with Crippen molar-refractivity contribution in [2.75, 3.05) is 26.7 Å². The van der Waals surface area contributed by atoms with Gasteiger partial charge in [-0.2, -0.15) is 0 Å². The number of piperidine rings is 1. The van der Waals surface area contributed by atoms with Gasteiger partial charge in [-0.1, -0.05) is 0 Å². The maximum Gasteiger partial charge on any atom is 0.0826 e. The molecule has 2 saturated heterocycles. The third-order valence-electron chi connectivity index (χ3n) is 4.53. The summed E-state index contributed by atoms with van der Waals surface area (Å²) in [6.45, 7) is 7.75. The number of likely N-dealkylation sites (tertiary alicyclic amines) is 2. The van der Waals surface area contributed by atoms with Crippen LogP contribution in [0.2, 0.25) is 0 Å². The lowest BCUT2D eigenvalue weighted by atomic mass is 9.82. The molecule has 0 aliphatic carbocycles. The normalized spacial score (nSPS) is 32.4. The first-order valence-corrected chi connectivity index (χ1v) is 6.69. The quantitative estimate of drug-likeness (QED) is 0.769. The second-order valence-corrected chi connectivity index (χ2v) is 5.87. The van der Waals surface area contributed by atoms with E-state index in [1.54, 1.807) is 0 Å². The van der Waals surface area contributed by atoms with E-state index >= 15 is 0 Å².